The molecule has 0 radical (unpaired) electrons. The van der Waals surface area contributed by atoms with E-state index in [1.807, 2.05) is 24.3 Å². The zero-order valence-corrected chi connectivity index (χ0v) is 10.6. The molecule has 1 N–H and O–H groups in total. The molecular formula is C11H13BrF3NO. The Hall–Kier alpha value is -0.750. The van der Waals surface area contributed by atoms with Gasteiger partial charge in [0.2, 0.25) is 0 Å². The molecule has 0 spiro atoms. The van der Waals surface area contributed by atoms with Gasteiger partial charge >= 0.3 is 6.18 Å². The second-order valence-corrected chi connectivity index (χ2v) is 4.37. The number of anilines is 1. The molecule has 1 aromatic rings. The summed E-state index contributed by atoms with van der Waals surface area (Å²) in [6.45, 7) is -0.492. The van der Waals surface area contributed by atoms with E-state index in [1.165, 1.54) is 0 Å². The van der Waals surface area contributed by atoms with Crippen molar-refractivity contribution in [1.29, 1.82) is 0 Å². The number of hydrogen-bond donors (Lipinski definition) is 1. The minimum absolute atomic E-state index is 0.100. The zero-order valence-electron chi connectivity index (χ0n) is 9.06. The van der Waals surface area contributed by atoms with E-state index >= 15 is 0 Å². The van der Waals surface area contributed by atoms with Crippen LogP contribution in [0.2, 0.25) is 0 Å². The average molecular weight is 312 g/mol. The fourth-order valence-corrected chi connectivity index (χ4v) is 1.43. The van der Waals surface area contributed by atoms with Gasteiger partial charge in [0, 0.05) is 23.3 Å². The number of rotatable bonds is 6. The number of hydrogen-bond acceptors (Lipinski definition) is 2. The molecule has 1 rings (SSSR count). The third kappa shape index (κ3) is 7.23. The van der Waals surface area contributed by atoms with Crippen LogP contribution in [0.5, 0.6) is 0 Å². The van der Waals surface area contributed by atoms with Crippen LogP contribution in [0.25, 0.3) is 0 Å². The van der Waals surface area contributed by atoms with Crippen LogP contribution in [-0.2, 0) is 4.74 Å². The van der Waals surface area contributed by atoms with E-state index in [4.69, 9.17) is 0 Å². The first-order valence-corrected chi connectivity index (χ1v) is 5.90. The third-order valence-corrected chi connectivity index (χ3v) is 2.43. The van der Waals surface area contributed by atoms with Crippen molar-refractivity contribution in [3.8, 4) is 0 Å². The van der Waals surface area contributed by atoms with Gasteiger partial charge in [-0.2, -0.15) is 13.2 Å². The molecule has 0 aromatic heterocycles. The van der Waals surface area contributed by atoms with Crippen molar-refractivity contribution in [2.75, 3.05) is 25.1 Å². The molecular weight excluding hydrogens is 299 g/mol. The van der Waals surface area contributed by atoms with Crippen LogP contribution in [0.4, 0.5) is 18.9 Å². The van der Waals surface area contributed by atoms with Gasteiger partial charge in [-0.1, -0.05) is 15.9 Å². The highest BCUT2D eigenvalue weighted by atomic mass is 79.9. The van der Waals surface area contributed by atoms with Crippen LogP contribution in [-0.4, -0.2) is 25.9 Å². The highest BCUT2D eigenvalue weighted by Crippen LogP contribution is 2.15. The van der Waals surface area contributed by atoms with Crippen molar-refractivity contribution in [2.45, 2.75) is 12.6 Å². The molecule has 0 amide bonds. The van der Waals surface area contributed by atoms with Gasteiger partial charge in [-0.15, -0.1) is 0 Å². The van der Waals surface area contributed by atoms with Crippen molar-refractivity contribution in [3.05, 3.63) is 28.7 Å². The Labute approximate surface area is 106 Å². The lowest BCUT2D eigenvalue weighted by molar-refractivity contribution is -0.173. The van der Waals surface area contributed by atoms with Crippen LogP contribution < -0.4 is 5.32 Å². The largest absolute Gasteiger partial charge is 0.411 e. The number of halogens is 4. The molecule has 0 atom stereocenters. The fourth-order valence-electron chi connectivity index (χ4n) is 1.16. The molecule has 0 saturated heterocycles. The highest BCUT2D eigenvalue weighted by Gasteiger charge is 2.27. The molecule has 0 heterocycles. The van der Waals surface area contributed by atoms with E-state index in [-0.39, 0.29) is 6.61 Å². The standard InChI is InChI=1S/C11H13BrF3NO/c12-9-2-4-10(5-3-9)16-6-1-7-17-8-11(13,14)15/h2-5,16H,1,6-8H2. The summed E-state index contributed by atoms with van der Waals surface area (Å²) >= 11 is 3.31. The molecule has 2 nitrogen and oxygen atoms in total. The summed E-state index contributed by atoms with van der Waals surface area (Å²) < 4.78 is 40.6. The summed E-state index contributed by atoms with van der Waals surface area (Å²) in [5, 5.41) is 3.09. The lowest BCUT2D eigenvalue weighted by Crippen LogP contribution is -2.18. The SMILES string of the molecule is FC(F)(F)COCCCNc1ccc(Br)cc1. The van der Waals surface area contributed by atoms with Crippen LogP contribution in [0.15, 0.2) is 28.7 Å². The molecule has 6 heteroatoms. The Morgan fingerprint density at radius 1 is 1.18 bits per heavy atom. The number of ether oxygens (including phenoxy) is 1. The first-order valence-electron chi connectivity index (χ1n) is 5.11. The Balaban J connectivity index is 2.07. The van der Waals surface area contributed by atoms with Gasteiger partial charge in [0.1, 0.15) is 6.61 Å². The minimum atomic E-state index is -4.24. The van der Waals surface area contributed by atoms with E-state index < -0.39 is 12.8 Å². The number of alkyl halides is 3. The number of benzene rings is 1. The molecule has 0 aliphatic carbocycles. The van der Waals surface area contributed by atoms with Gasteiger partial charge in [-0.05, 0) is 30.7 Å². The first kappa shape index (κ1) is 14.3. The van der Waals surface area contributed by atoms with Gasteiger partial charge in [-0.25, -0.2) is 0 Å². The lowest BCUT2D eigenvalue weighted by atomic mass is 10.3. The quantitative estimate of drug-likeness (QED) is 0.806. The molecule has 1 aromatic carbocycles. The second kappa shape index (κ2) is 6.86. The van der Waals surface area contributed by atoms with Crippen molar-refractivity contribution in [1.82, 2.24) is 0 Å². The molecule has 96 valence electrons. The monoisotopic (exact) mass is 311 g/mol. The Morgan fingerprint density at radius 2 is 1.82 bits per heavy atom. The van der Waals surface area contributed by atoms with Gasteiger partial charge in [0.05, 0.1) is 0 Å². The summed E-state index contributed by atoms with van der Waals surface area (Å²) in [7, 11) is 0. The maximum Gasteiger partial charge on any atom is 0.411 e. The minimum Gasteiger partial charge on any atom is -0.385 e. The average Bonchev–Trinajstić information content (AvgIpc) is 2.24. The molecule has 0 fully saturated rings. The molecule has 0 saturated carbocycles. The van der Waals surface area contributed by atoms with Crippen molar-refractivity contribution in [3.63, 3.8) is 0 Å². The Kier molecular flexibility index (Phi) is 5.77. The van der Waals surface area contributed by atoms with Gasteiger partial charge in [0.15, 0.2) is 0 Å². The molecule has 0 aliphatic heterocycles. The predicted molar refractivity (Wildman–Crippen MR) is 64.1 cm³/mol. The smallest absolute Gasteiger partial charge is 0.385 e. The van der Waals surface area contributed by atoms with E-state index in [2.05, 4.69) is 26.0 Å². The third-order valence-electron chi connectivity index (χ3n) is 1.90. The van der Waals surface area contributed by atoms with E-state index in [1.54, 1.807) is 0 Å². The summed E-state index contributed by atoms with van der Waals surface area (Å²) in [6.07, 6.45) is -3.70. The maximum absolute atomic E-state index is 11.7. The molecule has 0 aliphatic rings. The normalized spacial score (nSPS) is 11.5. The molecule has 0 bridgehead atoms. The van der Waals surface area contributed by atoms with Crippen LogP contribution in [0, 0.1) is 0 Å². The Morgan fingerprint density at radius 3 is 2.41 bits per heavy atom. The second-order valence-electron chi connectivity index (χ2n) is 3.45. The van der Waals surface area contributed by atoms with Crippen LogP contribution in [0.3, 0.4) is 0 Å². The maximum atomic E-state index is 11.7. The van der Waals surface area contributed by atoms with E-state index in [9.17, 15) is 13.2 Å². The van der Waals surface area contributed by atoms with Crippen molar-refractivity contribution >= 4 is 21.6 Å². The summed E-state index contributed by atoms with van der Waals surface area (Å²) in [4.78, 5) is 0. The molecule has 0 unspecified atom stereocenters. The van der Waals surface area contributed by atoms with Crippen LogP contribution in [0.1, 0.15) is 6.42 Å². The highest BCUT2D eigenvalue weighted by molar-refractivity contribution is 9.10. The first-order chi connectivity index (χ1) is 7.97. The molecule has 17 heavy (non-hydrogen) atoms. The zero-order chi connectivity index (χ0) is 12.7. The van der Waals surface area contributed by atoms with E-state index in [0.29, 0.717) is 13.0 Å². The van der Waals surface area contributed by atoms with Crippen molar-refractivity contribution in [2.24, 2.45) is 0 Å². The summed E-state index contributed by atoms with van der Waals surface area (Å²) in [5.41, 5.74) is 0.934. The van der Waals surface area contributed by atoms with E-state index in [0.717, 1.165) is 10.2 Å². The summed E-state index contributed by atoms with van der Waals surface area (Å²) in [5.74, 6) is 0. The van der Waals surface area contributed by atoms with Gasteiger partial charge in [0.25, 0.3) is 0 Å². The van der Waals surface area contributed by atoms with Gasteiger partial charge in [-0.3, -0.25) is 0 Å². The fraction of sp³-hybridized carbons (Fsp3) is 0.455. The Bertz CT molecular complexity index is 326. The summed E-state index contributed by atoms with van der Waals surface area (Å²) in [6, 6.07) is 7.56. The lowest BCUT2D eigenvalue weighted by Gasteiger charge is -2.08. The van der Waals surface area contributed by atoms with Crippen LogP contribution >= 0.6 is 15.9 Å². The predicted octanol–water partition coefficient (Wildman–Crippen LogP) is 3.83. The van der Waals surface area contributed by atoms with Gasteiger partial charge < -0.3 is 10.1 Å². The topological polar surface area (TPSA) is 21.3 Å². The van der Waals surface area contributed by atoms with Crippen molar-refractivity contribution < 1.29 is 17.9 Å². The number of nitrogens with one attached hydrogen (secondary N) is 1.